The number of anilines is 3. The predicted molar refractivity (Wildman–Crippen MR) is 102 cm³/mol. The van der Waals surface area contributed by atoms with Crippen molar-refractivity contribution < 1.29 is 4.74 Å². The molecule has 1 fully saturated rings. The quantitative estimate of drug-likeness (QED) is 0.774. The second kappa shape index (κ2) is 7.21. The zero-order chi connectivity index (χ0) is 17.9. The van der Waals surface area contributed by atoms with Gasteiger partial charge in [0, 0.05) is 43.3 Å². The topological polar surface area (TPSA) is 76.1 Å². The zero-order valence-electron chi connectivity index (χ0n) is 15.0. The third-order valence-corrected chi connectivity index (χ3v) is 4.49. The lowest BCUT2D eigenvalue weighted by atomic mass is 10.00. The molecular weight excluding hydrogens is 328 g/mol. The third kappa shape index (κ3) is 3.43. The van der Waals surface area contributed by atoms with E-state index in [-0.39, 0.29) is 0 Å². The molecule has 4 heterocycles. The molecule has 0 saturated carbocycles. The second-order valence-electron chi connectivity index (χ2n) is 6.64. The first kappa shape index (κ1) is 16.7. The fraction of sp³-hybridized carbons (Fsp3) is 0.368. The normalized spacial score (nSPS) is 14.8. The Hall–Kier alpha value is -2.80. The first-order chi connectivity index (χ1) is 12.7. The molecule has 4 rings (SSSR count). The number of pyridine rings is 2. The van der Waals surface area contributed by atoms with Gasteiger partial charge in [-0.15, -0.1) is 0 Å². The highest BCUT2D eigenvalue weighted by molar-refractivity contribution is 5.87. The molecule has 1 saturated heterocycles. The fourth-order valence-corrected chi connectivity index (χ4v) is 3.08. The highest BCUT2D eigenvalue weighted by atomic mass is 16.5. The molecule has 1 N–H and O–H groups in total. The van der Waals surface area contributed by atoms with E-state index in [1.807, 2.05) is 24.7 Å². The van der Waals surface area contributed by atoms with Gasteiger partial charge in [0.2, 0.25) is 5.95 Å². The number of ether oxygens (including phenoxy) is 1. The predicted octanol–water partition coefficient (Wildman–Crippen LogP) is 3.12. The van der Waals surface area contributed by atoms with Crippen LogP contribution in [0.3, 0.4) is 0 Å². The molecule has 0 aromatic carbocycles. The summed E-state index contributed by atoms with van der Waals surface area (Å²) in [6.07, 6.45) is 7.39. The third-order valence-electron chi connectivity index (χ3n) is 4.49. The van der Waals surface area contributed by atoms with E-state index in [0.717, 1.165) is 35.5 Å². The smallest absolute Gasteiger partial charge is 0.227 e. The Morgan fingerprint density at radius 1 is 1.08 bits per heavy atom. The van der Waals surface area contributed by atoms with Gasteiger partial charge in [-0.2, -0.15) is 4.98 Å². The van der Waals surface area contributed by atoms with E-state index in [1.54, 1.807) is 6.20 Å². The number of hydrogen-bond acceptors (Lipinski definition) is 7. The Bertz CT molecular complexity index is 907. The van der Waals surface area contributed by atoms with Crippen molar-refractivity contribution >= 4 is 28.4 Å². The molecule has 0 amide bonds. The summed E-state index contributed by atoms with van der Waals surface area (Å²) in [4.78, 5) is 20.0. The van der Waals surface area contributed by atoms with E-state index in [2.05, 4.69) is 50.1 Å². The molecule has 7 nitrogen and oxygen atoms in total. The van der Waals surface area contributed by atoms with Crippen LogP contribution < -0.4 is 10.2 Å². The number of morpholine rings is 1. The average molecular weight is 350 g/mol. The number of rotatable bonds is 4. The van der Waals surface area contributed by atoms with Gasteiger partial charge in [0.15, 0.2) is 0 Å². The van der Waals surface area contributed by atoms with Crippen LogP contribution in [0.25, 0.3) is 10.8 Å². The highest BCUT2D eigenvalue weighted by Crippen LogP contribution is 2.26. The number of fused-ring (bicyclic) bond motifs is 1. The van der Waals surface area contributed by atoms with Crippen molar-refractivity contribution in [3.63, 3.8) is 0 Å². The molecule has 0 aliphatic carbocycles. The molecule has 26 heavy (non-hydrogen) atoms. The van der Waals surface area contributed by atoms with Gasteiger partial charge in [-0.25, -0.2) is 9.97 Å². The van der Waals surface area contributed by atoms with Crippen LogP contribution in [0.5, 0.6) is 0 Å². The highest BCUT2D eigenvalue weighted by Gasteiger charge is 2.14. The summed E-state index contributed by atoms with van der Waals surface area (Å²) >= 11 is 0. The van der Waals surface area contributed by atoms with Crippen molar-refractivity contribution in [2.24, 2.45) is 0 Å². The lowest BCUT2D eigenvalue weighted by Gasteiger charge is -2.26. The Morgan fingerprint density at radius 3 is 2.73 bits per heavy atom. The van der Waals surface area contributed by atoms with Crippen LogP contribution in [0, 0.1) is 0 Å². The first-order valence-corrected chi connectivity index (χ1v) is 8.87. The van der Waals surface area contributed by atoms with Crippen molar-refractivity contribution in [1.82, 2.24) is 19.9 Å². The standard InChI is InChI=1S/C19H22N6O/c1-13(2)16-12-20-10-14-11-22-18(9-15(14)16)23-17-3-4-21-19(24-17)25-5-7-26-8-6-25/h3-4,9-13H,5-8H2,1-2H3,(H,21,22,23,24). The van der Waals surface area contributed by atoms with Crippen molar-refractivity contribution in [3.8, 4) is 0 Å². The van der Waals surface area contributed by atoms with Crippen molar-refractivity contribution in [2.75, 3.05) is 36.5 Å². The van der Waals surface area contributed by atoms with Crippen LogP contribution in [0.2, 0.25) is 0 Å². The molecule has 134 valence electrons. The molecule has 1 aliphatic rings. The van der Waals surface area contributed by atoms with E-state index in [4.69, 9.17) is 4.74 Å². The Morgan fingerprint density at radius 2 is 1.92 bits per heavy atom. The lowest BCUT2D eigenvalue weighted by Crippen LogP contribution is -2.37. The van der Waals surface area contributed by atoms with Crippen LogP contribution in [0.4, 0.5) is 17.6 Å². The summed E-state index contributed by atoms with van der Waals surface area (Å²) in [6, 6.07) is 3.91. The minimum absolute atomic E-state index is 0.397. The monoisotopic (exact) mass is 350 g/mol. The maximum absolute atomic E-state index is 5.39. The number of aromatic nitrogens is 4. The minimum atomic E-state index is 0.397. The molecule has 1 aliphatic heterocycles. The molecule has 3 aromatic heterocycles. The molecule has 0 bridgehead atoms. The molecule has 0 radical (unpaired) electrons. The minimum Gasteiger partial charge on any atom is -0.378 e. The lowest BCUT2D eigenvalue weighted by molar-refractivity contribution is 0.122. The van der Waals surface area contributed by atoms with Crippen molar-refractivity contribution in [3.05, 3.63) is 42.5 Å². The number of hydrogen-bond donors (Lipinski definition) is 1. The van der Waals surface area contributed by atoms with Crippen molar-refractivity contribution in [1.29, 1.82) is 0 Å². The van der Waals surface area contributed by atoms with Crippen LogP contribution in [-0.4, -0.2) is 46.2 Å². The van der Waals surface area contributed by atoms with E-state index in [9.17, 15) is 0 Å². The molecule has 0 unspecified atom stereocenters. The summed E-state index contributed by atoms with van der Waals surface area (Å²) in [5, 5.41) is 5.50. The van der Waals surface area contributed by atoms with Gasteiger partial charge < -0.3 is 15.0 Å². The van der Waals surface area contributed by atoms with Gasteiger partial charge in [0.1, 0.15) is 11.6 Å². The maximum Gasteiger partial charge on any atom is 0.227 e. The summed E-state index contributed by atoms with van der Waals surface area (Å²) in [5.74, 6) is 2.60. The Balaban J connectivity index is 1.62. The van der Waals surface area contributed by atoms with Crippen LogP contribution in [-0.2, 0) is 4.74 Å². The van der Waals surface area contributed by atoms with Gasteiger partial charge in [0.25, 0.3) is 0 Å². The summed E-state index contributed by atoms with van der Waals surface area (Å²) < 4.78 is 5.39. The summed E-state index contributed by atoms with van der Waals surface area (Å²) in [7, 11) is 0. The molecular formula is C19H22N6O. The van der Waals surface area contributed by atoms with Gasteiger partial charge in [0.05, 0.1) is 13.2 Å². The summed E-state index contributed by atoms with van der Waals surface area (Å²) in [5.41, 5.74) is 1.21. The average Bonchev–Trinajstić information content (AvgIpc) is 2.68. The van der Waals surface area contributed by atoms with Crippen LogP contribution in [0.1, 0.15) is 25.3 Å². The van der Waals surface area contributed by atoms with E-state index >= 15 is 0 Å². The summed E-state index contributed by atoms with van der Waals surface area (Å²) in [6.45, 7) is 7.37. The van der Waals surface area contributed by atoms with Gasteiger partial charge in [-0.3, -0.25) is 4.98 Å². The van der Waals surface area contributed by atoms with Crippen molar-refractivity contribution in [2.45, 2.75) is 19.8 Å². The molecule has 0 atom stereocenters. The number of nitrogens with one attached hydrogen (secondary N) is 1. The largest absolute Gasteiger partial charge is 0.378 e. The van der Waals surface area contributed by atoms with Crippen LogP contribution >= 0.6 is 0 Å². The first-order valence-electron chi connectivity index (χ1n) is 8.87. The van der Waals surface area contributed by atoms with Gasteiger partial charge in [-0.1, -0.05) is 13.8 Å². The fourth-order valence-electron chi connectivity index (χ4n) is 3.08. The SMILES string of the molecule is CC(C)c1cncc2cnc(Nc3ccnc(N4CCOCC4)n3)cc12. The second-order valence-corrected chi connectivity index (χ2v) is 6.64. The van der Waals surface area contributed by atoms with Gasteiger partial charge in [-0.05, 0) is 29.0 Å². The van der Waals surface area contributed by atoms with E-state index < -0.39 is 0 Å². The van der Waals surface area contributed by atoms with Crippen LogP contribution in [0.15, 0.2) is 36.9 Å². The maximum atomic E-state index is 5.39. The Labute approximate surface area is 152 Å². The number of nitrogens with zero attached hydrogens (tertiary/aromatic N) is 5. The molecule has 0 spiro atoms. The van der Waals surface area contributed by atoms with Gasteiger partial charge >= 0.3 is 0 Å². The molecule has 7 heteroatoms. The Kier molecular flexibility index (Phi) is 4.62. The zero-order valence-corrected chi connectivity index (χ0v) is 15.0. The van der Waals surface area contributed by atoms with E-state index in [0.29, 0.717) is 25.1 Å². The molecule has 3 aromatic rings. The van der Waals surface area contributed by atoms with E-state index in [1.165, 1.54) is 5.56 Å².